The van der Waals surface area contributed by atoms with Crippen molar-refractivity contribution in [1.29, 1.82) is 5.26 Å². The zero-order valence-electron chi connectivity index (χ0n) is 18.3. The molecule has 4 aromatic rings. The van der Waals surface area contributed by atoms with Crippen LogP contribution in [0.1, 0.15) is 29.2 Å². The lowest BCUT2D eigenvalue weighted by Gasteiger charge is -2.43. The number of nitrogens with zero attached hydrogens (tertiary/aromatic N) is 4. The van der Waals surface area contributed by atoms with Gasteiger partial charge >= 0.3 is 0 Å². The molecule has 0 saturated carbocycles. The van der Waals surface area contributed by atoms with Crippen LogP contribution in [0.4, 0.5) is 0 Å². The molecule has 5 nitrogen and oxygen atoms in total. The Morgan fingerprint density at radius 2 is 1.91 bits per heavy atom. The number of aromatic nitrogens is 2. The summed E-state index contributed by atoms with van der Waals surface area (Å²) < 4.78 is 1.99. The average molecular weight is 433 g/mol. The summed E-state index contributed by atoms with van der Waals surface area (Å²) in [6.45, 7) is 3.58. The highest BCUT2D eigenvalue weighted by atomic mass is 16.1. The van der Waals surface area contributed by atoms with Gasteiger partial charge in [0.1, 0.15) is 0 Å². The minimum atomic E-state index is 0.0597. The zero-order valence-corrected chi connectivity index (χ0v) is 18.3. The molecule has 2 atom stereocenters. The van der Waals surface area contributed by atoms with E-state index in [2.05, 4.69) is 40.2 Å². The number of rotatable bonds is 3. The molecule has 1 saturated heterocycles. The van der Waals surface area contributed by atoms with Gasteiger partial charge in [0, 0.05) is 54.9 Å². The monoisotopic (exact) mass is 432 g/mol. The van der Waals surface area contributed by atoms with Crippen molar-refractivity contribution >= 4 is 10.9 Å². The minimum Gasteiger partial charge on any atom is -0.311 e. The molecule has 4 heterocycles. The Morgan fingerprint density at radius 3 is 2.82 bits per heavy atom. The Balaban J connectivity index is 1.27. The third-order valence-corrected chi connectivity index (χ3v) is 7.04. The Hall–Kier alpha value is -3.75. The lowest BCUT2D eigenvalue weighted by Crippen LogP contribution is -2.46. The van der Waals surface area contributed by atoms with E-state index in [1.54, 1.807) is 12.1 Å². The fourth-order valence-electron chi connectivity index (χ4n) is 5.61. The molecule has 162 valence electrons. The van der Waals surface area contributed by atoms with E-state index < -0.39 is 0 Å². The van der Waals surface area contributed by atoms with Crippen LogP contribution in [-0.4, -0.2) is 27.5 Å². The van der Waals surface area contributed by atoms with E-state index in [0.717, 1.165) is 49.4 Å². The predicted octanol–water partition coefficient (Wildman–Crippen LogP) is 4.55. The van der Waals surface area contributed by atoms with E-state index in [4.69, 9.17) is 0 Å². The molecule has 6 rings (SSSR count). The third kappa shape index (κ3) is 3.63. The van der Waals surface area contributed by atoms with Gasteiger partial charge in [-0.1, -0.05) is 30.3 Å². The first-order chi connectivity index (χ1) is 16.2. The van der Waals surface area contributed by atoms with Crippen LogP contribution in [0.15, 0.2) is 77.7 Å². The van der Waals surface area contributed by atoms with Crippen molar-refractivity contribution in [1.82, 2.24) is 14.5 Å². The van der Waals surface area contributed by atoms with E-state index in [0.29, 0.717) is 23.0 Å². The Bertz CT molecular complexity index is 1460. The molecule has 0 radical (unpaired) electrons. The summed E-state index contributed by atoms with van der Waals surface area (Å²) in [5, 5.41) is 10.4. The van der Waals surface area contributed by atoms with Crippen molar-refractivity contribution in [3.05, 3.63) is 100 Å². The predicted molar refractivity (Wildman–Crippen MR) is 129 cm³/mol. The molecule has 0 amide bonds. The lowest BCUT2D eigenvalue weighted by atomic mass is 9.82. The van der Waals surface area contributed by atoms with Crippen LogP contribution in [0.3, 0.4) is 0 Å². The Morgan fingerprint density at radius 1 is 1.00 bits per heavy atom. The molecule has 5 heteroatoms. The van der Waals surface area contributed by atoms with Crippen molar-refractivity contribution in [2.45, 2.75) is 25.4 Å². The Kier molecular flexibility index (Phi) is 4.82. The average Bonchev–Trinajstić information content (AvgIpc) is 2.84. The molecule has 0 aliphatic carbocycles. The first kappa shape index (κ1) is 19.9. The van der Waals surface area contributed by atoms with Crippen molar-refractivity contribution in [3.63, 3.8) is 0 Å². The highest BCUT2D eigenvalue weighted by Gasteiger charge is 2.35. The van der Waals surface area contributed by atoms with Crippen LogP contribution in [-0.2, 0) is 13.1 Å². The third-order valence-electron chi connectivity index (χ3n) is 7.04. The van der Waals surface area contributed by atoms with Gasteiger partial charge in [-0.2, -0.15) is 5.26 Å². The standard InChI is InChI=1S/C28H24N4O/c29-13-19-4-3-6-22(10-19)25-8-9-27-24-12-21(17-32(27)28(25)33)16-31(18-24)15-20-11-23-5-1-2-7-26(23)30-14-20/h1-11,14,21,24H,12,15-18H2. The second-order valence-electron chi connectivity index (χ2n) is 9.31. The summed E-state index contributed by atoms with van der Waals surface area (Å²) in [5.41, 5.74) is 5.53. The number of hydrogen-bond donors (Lipinski definition) is 0. The van der Waals surface area contributed by atoms with E-state index in [9.17, 15) is 10.1 Å². The summed E-state index contributed by atoms with van der Waals surface area (Å²) in [7, 11) is 0. The molecule has 33 heavy (non-hydrogen) atoms. The van der Waals surface area contributed by atoms with E-state index >= 15 is 0 Å². The first-order valence-electron chi connectivity index (χ1n) is 11.5. The van der Waals surface area contributed by atoms with Crippen molar-refractivity contribution in [2.75, 3.05) is 13.1 Å². The molecule has 2 aliphatic heterocycles. The van der Waals surface area contributed by atoms with Gasteiger partial charge < -0.3 is 4.57 Å². The molecular formula is C28H24N4O. The quantitative estimate of drug-likeness (QED) is 0.476. The number of piperidine rings is 1. The van der Waals surface area contributed by atoms with Gasteiger partial charge in [-0.15, -0.1) is 0 Å². The maximum Gasteiger partial charge on any atom is 0.258 e. The lowest BCUT2D eigenvalue weighted by molar-refractivity contribution is 0.114. The van der Waals surface area contributed by atoms with Crippen LogP contribution >= 0.6 is 0 Å². The van der Waals surface area contributed by atoms with Gasteiger partial charge in [0.25, 0.3) is 5.56 Å². The van der Waals surface area contributed by atoms with Crippen LogP contribution in [0.2, 0.25) is 0 Å². The van der Waals surface area contributed by atoms with E-state index in [1.807, 2.05) is 41.1 Å². The molecule has 2 unspecified atom stereocenters. The molecule has 0 spiro atoms. The molecule has 2 bridgehead atoms. The highest BCUT2D eigenvalue weighted by Crippen LogP contribution is 2.36. The number of nitriles is 1. The number of hydrogen-bond acceptors (Lipinski definition) is 4. The maximum absolute atomic E-state index is 13.4. The second kappa shape index (κ2) is 7.99. The van der Waals surface area contributed by atoms with Gasteiger partial charge in [-0.05, 0) is 59.9 Å². The zero-order chi connectivity index (χ0) is 22.4. The van der Waals surface area contributed by atoms with Crippen LogP contribution in [0.25, 0.3) is 22.0 Å². The Labute approximate surface area is 192 Å². The summed E-state index contributed by atoms with van der Waals surface area (Å²) >= 11 is 0. The van der Waals surface area contributed by atoms with Crippen LogP contribution < -0.4 is 5.56 Å². The largest absolute Gasteiger partial charge is 0.311 e. The van der Waals surface area contributed by atoms with Crippen molar-refractivity contribution < 1.29 is 0 Å². The van der Waals surface area contributed by atoms with Gasteiger partial charge in [0.05, 0.1) is 17.1 Å². The van der Waals surface area contributed by atoms with E-state index in [-0.39, 0.29) is 5.56 Å². The number of likely N-dealkylation sites (tertiary alicyclic amines) is 1. The molecule has 0 N–H and O–H groups in total. The van der Waals surface area contributed by atoms with Crippen molar-refractivity contribution in [3.8, 4) is 17.2 Å². The van der Waals surface area contributed by atoms with Gasteiger partial charge in [-0.25, -0.2) is 0 Å². The first-order valence-corrected chi connectivity index (χ1v) is 11.5. The molecule has 2 aromatic carbocycles. The molecule has 2 aromatic heterocycles. The molecular weight excluding hydrogens is 408 g/mol. The van der Waals surface area contributed by atoms with E-state index in [1.165, 1.54) is 10.9 Å². The number of fused-ring (bicyclic) bond motifs is 5. The van der Waals surface area contributed by atoms with Crippen LogP contribution in [0.5, 0.6) is 0 Å². The number of para-hydroxylation sites is 1. The summed E-state index contributed by atoms with van der Waals surface area (Å²) in [5.74, 6) is 0.821. The van der Waals surface area contributed by atoms with Crippen LogP contribution in [0, 0.1) is 17.2 Å². The van der Waals surface area contributed by atoms with Gasteiger partial charge in [0.15, 0.2) is 0 Å². The molecule has 1 fully saturated rings. The fourth-order valence-corrected chi connectivity index (χ4v) is 5.61. The van der Waals surface area contributed by atoms with Gasteiger partial charge in [0.2, 0.25) is 0 Å². The summed E-state index contributed by atoms with van der Waals surface area (Å²) in [4.78, 5) is 20.5. The maximum atomic E-state index is 13.4. The highest BCUT2D eigenvalue weighted by molar-refractivity contribution is 5.78. The summed E-state index contributed by atoms with van der Waals surface area (Å²) in [6.07, 6.45) is 3.13. The molecule has 2 aliphatic rings. The number of pyridine rings is 2. The summed E-state index contributed by atoms with van der Waals surface area (Å²) in [6, 6.07) is 24.0. The smallest absolute Gasteiger partial charge is 0.258 e. The SMILES string of the molecule is N#Cc1cccc(-c2ccc3n(c2=O)CC2CC3CN(Cc3cnc4ccccc4c3)C2)c1. The number of benzene rings is 2. The second-order valence-corrected chi connectivity index (χ2v) is 9.31. The fraction of sp³-hybridized carbons (Fsp3) is 0.250. The van der Waals surface area contributed by atoms with Crippen molar-refractivity contribution in [2.24, 2.45) is 5.92 Å². The van der Waals surface area contributed by atoms with Gasteiger partial charge in [-0.3, -0.25) is 14.7 Å². The normalized spacial score (nSPS) is 19.7. The topological polar surface area (TPSA) is 61.9 Å². The minimum absolute atomic E-state index is 0.0597.